The fourth-order valence-corrected chi connectivity index (χ4v) is 6.76. The monoisotopic (exact) mass is 556 g/mol. The first-order valence-electron chi connectivity index (χ1n) is 13.5. The van der Waals surface area contributed by atoms with Gasteiger partial charge in [0.2, 0.25) is 0 Å². The Labute approximate surface area is 235 Å². The minimum atomic E-state index is -0.281. The maximum atomic E-state index is 12.9. The first-order chi connectivity index (χ1) is 19.4. The number of carbonyl (C=O) groups is 1. The third-order valence-electron chi connectivity index (χ3n) is 8.19. The van der Waals surface area contributed by atoms with Crippen molar-refractivity contribution in [1.29, 1.82) is 0 Å². The van der Waals surface area contributed by atoms with Crippen molar-refractivity contribution in [3.63, 3.8) is 0 Å². The summed E-state index contributed by atoms with van der Waals surface area (Å²) in [5.74, 6) is 2.46. The minimum absolute atomic E-state index is 0.212. The Bertz CT molecular complexity index is 1720. The lowest BCUT2D eigenvalue weighted by atomic mass is 9.97. The highest BCUT2D eigenvalue weighted by atomic mass is 35.5. The molecule has 2 aliphatic rings. The zero-order valence-electron chi connectivity index (χ0n) is 22.3. The molecule has 3 atom stereocenters. The number of rotatable bonds is 6. The fourth-order valence-electron chi connectivity index (χ4n) is 6.56. The molecule has 1 saturated heterocycles. The maximum absolute atomic E-state index is 12.9. The van der Waals surface area contributed by atoms with E-state index < -0.39 is 0 Å². The topological polar surface area (TPSA) is 113 Å². The van der Waals surface area contributed by atoms with Crippen LogP contribution < -0.4 is 15.0 Å². The van der Waals surface area contributed by atoms with Crippen LogP contribution in [0.2, 0.25) is 5.02 Å². The summed E-state index contributed by atoms with van der Waals surface area (Å²) < 4.78 is 7.66. The van der Waals surface area contributed by atoms with Crippen LogP contribution in [0.4, 0.5) is 5.82 Å². The van der Waals surface area contributed by atoms with E-state index in [2.05, 4.69) is 49.6 Å². The summed E-state index contributed by atoms with van der Waals surface area (Å²) in [4.78, 5) is 24.3. The smallest absolute Gasteiger partial charge is 0.271 e. The highest BCUT2D eigenvalue weighted by Crippen LogP contribution is 2.45. The predicted molar refractivity (Wildman–Crippen MR) is 153 cm³/mol. The summed E-state index contributed by atoms with van der Waals surface area (Å²) in [7, 11) is 0. The standard InChI is InChI=1S/C29H29ClN8O2/c1-3-40-20-9-21(26-22-13-33-35-27(22)36-38(26)16-20)17-6-7-24(32-12-17)37-14-18-10-29(2,11-19(18)15-37)34-28(39)25-23(30)5-4-8-31-25/h4-9,12-13,16,18-19H,3,10-11,14-15H2,1-2H3,(H,34,39)(H,35,36)/t18-,19?,29+/m0/s1. The van der Waals surface area contributed by atoms with E-state index in [9.17, 15) is 4.79 Å². The maximum Gasteiger partial charge on any atom is 0.271 e. The molecule has 1 saturated carbocycles. The van der Waals surface area contributed by atoms with Crippen molar-refractivity contribution in [2.75, 3.05) is 24.6 Å². The van der Waals surface area contributed by atoms with E-state index in [1.54, 1.807) is 24.5 Å². The SMILES string of the molecule is CCOc1cc(-c2ccc(N3CC4C[C@](C)(NC(=O)c5ncccc5Cl)C[C@H]4C3)nc2)c2c3cn[nH]c3nn2c1. The van der Waals surface area contributed by atoms with Crippen LogP contribution in [0, 0.1) is 11.8 Å². The van der Waals surface area contributed by atoms with Crippen molar-refractivity contribution in [3.8, 4) is 16.9 Å². The first kappa shape index (κ1) is 24.8. The summed E-state index contributed by atoms with van der Waals surface area (Å²) in [5.41, 5.74) is 3.67. The second-order valence-electron chi connectivity index (χ2n) is 11.0. The van der Waals surface area contributed by atoms with Crippen molar-refractivity contribution < 1.29 is 9.53 Å². The lowest BCUT2D eigenvalue weighted by Gasteiger charge is -2.28. The van der Waals surface area contributed by atoms with Crippen molar-refractivity contribution in [1.82, 2.24) is 35.1 Å². The van der Waals surface area contributed by atoms with Crippen LogP contribution in [0.25, 0.3) is 27.7 Å². The Morgan fingerprint density at radius 3 is 2.75 bits per heavy atom. The van der Waals surface area contributed by atoms with Gasteiger partial charge in [0, 0.05) is 42.1 Å². The molecule has 5 aromatic heterocycles. The molecule has 0 aromatic carbocycles. The lowest BCUT2D eigenvalue weighted by Crippen LogP contribution is -2.45. The molecule has 1 unspecified atom stereocenters. The van der Waals surface area contributed by atoms with Crippen LogP contribution in [-0.2, 0) is 0 Å². The van der Waals surface area contributed by atoms with Gasteiger partial charge >= 0.3 is 0 Å². The molecule has 1 aliphatic carbocycles. The van der Waals surface area contributed by atoms with E-state index in [1.165, 1.54) is 0 Å². The Balaban J connectivity index is 1.08. The molecule has 2 fully saturated rings. The number of ether oxygens (including phenoxy) is 1. The van der Waals surface area contributed by atoms with Gasteiger partial charge in [0.25, 0.3) is 5.91 Å². The van der Waals surface area contributed by atoms with Gasteiger partial charge in [0.1, 0.15) is 17.3 Å². The van der Waals surface area contributed by atoms with Crippen LogP contribution >= 0.6 is 11.6 Å². The Kier molecular flexibility index (Phi) is 5.88. The molecule has 1 amide bonds. The average Bonchev–Trinajstić information content (AvgIpc) is 3.68. The number of carbonyl (C=O) groups excluding carboxylic acids is 1. The van der Waals surface area contributed by atoms with E-state index in [-0.39, 0.29) is 17.1 Å². The number of aromatic nitrogens is 6. The van der Waals surface area contributed by atoms with Gasteiger partial charge in [-0.05, 0) is 68.9 Å². The molecule has 0 spiro atoms. The Morgan fingerprint density at radius 2 is 2.02 bits per heavy atom. The van der Waals surface area contributed by atoms with Crippen LogP contribution in [0.15, 0.2) is 55.1 Å². The number of nitrogens with one attached hydrogen (secondary N) is 2. The number of anilines is 1. The molecular weight excluding hydrogens is 528 g/mol. The predicted octanol–water partition coefficient (Wildman–Crippen LogP) is 4.75. The molecule has 1 aliphatic heterocycles. The van der Waals surface area contributed by atoms with Crippen molar-refractivity contribution in [2.24, 2.45) is 11.8 Å². The van der Waals surface area contributed by atoms with Gasteiger partial charge < -0.3 is 15.0 Å². The molecule has 7 rings (SSSR count). The third-order valence-corrected chi connectivity index (χ3v) is 8.49. The molecule has 6 heterocycles. The molecule has 10 nitrogen and oxygen atoms in total. The first-order valence-corrected chi connectivity index (χ1v) is 13.9. The summed E-state index contributed by atoms with van der Waals surface area (Å²) >= 11 is 6.20. The minimum Gasteiger partial charge on any atom is -0.492 e. The molecule has 2 N–H and O–H groups in total. The van der Waals surface area contributed by atoms with Gasteiger partial charge in [-0.1, -0.05) is 11.6 Å². The average molecular weight is 557 g/mol. The number of hydrogen-bond donors (Lipinski definition) is 2. The molecule has 40 heavy (non-hydrogen) atoms. The molecule has 0 bridgehead atoms. The number of hydrogen-bond acceptors (Lipinski definition) is 7. The van der Waals surface area contributed by atoms with Crippen LogP contribution in [0.3, 0.4) is 0 Å². The number of aromatic amines is 1. The lowest BCUT2D eigenvalue weighted by molar-refractivity contribution is 0.0900. The van der Waals surface area contributed by atoms with E-state index in [0.717, 1.165) is 65.2 Å². The van der Waals surface area contributed by atoms with Crippen LogP contribution in [0.5, 0.6) is 5.75 Å². The number of H-pyrrole nitrogens is 1. The van der Waals surface area contributed by atoms with Gasteiger partial charge in [-0.15, -0.1) is 5.10 Å². The largest absolute Gasteiger partial charge is 0.492 e. The number of pyridine rings is 3. The summed E-state index contributed by atoms with van der Waals surface area (Å²) in [6, 6.07) is 9.66. The van der Waals surface area contributed by atoms with Crippen LogP contribution in [0.1, 0.15) is 37.2 Å². The van der Waals surface area contributed by atoms with Gasteiger partial charge in [0.05, 0.1) is 34.9 Å². The Hall–Kier alpha value is -4.18. The normalized spacial score (nSPS) is 22.2. The van der Waals surface area contributed by atoms with Crippen LogP contribution in [-0.4, -0.2) is 60.9 Å². The quantitative estimate of drug-likeness (QED) is 0.310. The zero-order chi connectivity index (χ0) is 27.4. The van der Waals surface area contributed by atoms with E-state index in [0.29, 0.717) is 23.5 Å². The number of halogens is 1. The second kappa shape index (κ2) is 9.48. The Morgan fingerprint density at radius 1 is 1.20 bits per heavy atom. The van der Waals surface area contributed by atoms with Gasteiger partial charge in [-0.3, -0.25) is 9.89 Å². The molecule has 0 radical (unpaired) electrons. The van der Waals surface area contributed by atoms with Crippen molar-refractivity contribution in [3.05, 3.63) is 65.8 Å². The number of amides is 1. The van der Waals surface area contributed by atoms with E-state index >= 15 is 0 Å². The van der Waals surface area contributed by atoms with Crippen molar-refractivity contribution >= 4 is 39.9 Å². The van der Waals surface area contributed by atoms with E-state index in [1.807, 2.05) is 29.9 Å². The second-order valence-corrected chi connectivity index (χ2v) is 11.4. The summed E-state index contributed by atoms with van der Waals surface area (Å²) in [6.45, 7) is 6.49. The zero-order valence-corrected chi connectivity index (χ0v) is 23.0. The molecule has 11 heteroatoms. The molecule has 204 valence electrons. The van der Waals surface area contributed by atoms with Gasteiger partial charge in [0.15, 0.2) is 5.65 Å². The highest BCUT2D eigenvalue weighted by Gasteiger charge is 2.47. The summed E-state index contributed by atoms with van der Waals surface area (Å²) in [6.07, 6.45) is 9.03. The van der Waals surface area contributed by atoms with Crippen molar-refractivity contribution in [2.45, 2.75) is 32.2 Å². The number of fused-ring (bicyclic) bond motifs is 4. The summed E-state index contributed by atoms with van der Waals surface area (Å²) in [5, 5.41) is 16.3. The number of nitrogens with zero attached hydrogens (tertiary/aromatic N) is 6. The molecular formula is C29H29ClN8O2. The third kappa shape index (κ3) is 4.23. The molecule has 5 aromatic rings. The highest BCUT2D eigenvalue weighted by molar-refractivity contribution is 6.33. The van der Waals surface area contributed by atoms with Gasteiger partial charge in [-0.25, -0.2) is 14.5 Å². The van der Waals surface area contributed by atoms with E-state index in [4.69, 9.17) is 21.3 Å². The van der Waals surface area contributed by atoms with Gasteiger partial charge in [-0.2, -0.15) is 5.10 Å². The fraction of sp³-hybridized carbons (Fsp3) is 0.345.